The number of aromatic carboxylic acids is 1. The third-order valence-electron chi connectivity index (χ3n) is 2.48. The molecule has 0 saturated carbocycles. The highest BCUT2D eigenvalue weighted by Crippen LogP contribution is 2.33. The van der Waals surface area contributed by atoms with Crippen LogP contribution in [0.3, 0.4) is 0 Å². The number of halogens is 4. The minimum Gasteiger partial charge on any atom is -0.477 e. The maximum Gasteiger partial charge on any atom is 0.453 e. The zero-order valence-corrected chi connectivity index (χ0v) is 11.2. The summed E-state index contributed by atoms with van der Waals surface area (Å²) < 4.78 is 41.8. The highest BCUT2D eigenvalue weighted by Gasteiger charge is 2.44. The molecule has 1 heterocycles. The quantitative estimate of drug-likeness (QED) is 0.898. The Morgan fingerprint density at radius 2 is 1.82 bits per heavy atom. The van der Waals surface area contributed by atoms with Crippen LogP contribution in [-0.2, 0) is 6.18 Å². The van der Waals surface area contributed by atoms with Crippen LogP contribution in [0.15, 0.2) is 28.8 Å². The van der Waals surface area contributed by atoms with Crippen LogP contribution < -0.4 is 5.32 Å². The van der Waals surface area contributed by atoms with Gasteiger partial charge in [-0.25, -0.2) is 4.79 Å². The number of carbonyl (C=O) groups excluding carboxylic acids is 1. The molecule has 0 aliphatic rings. The molecule has 2 aromatic rings. The van der Waals surface area contributed by atoms with Gasteiger partial charge < -0.3 is 14.9 Å². The van der Waals surface area contributed by atoms with Gasteiger partial charge in [-0.1, -0.05) is 16.8 Å². The molecule has 0 spiro atoms. The number of benzene rings is 1. The third kappa shape index (κ3) is 3.19. The van der Waals surface area contributed by atoms with Crippen LogP contribution in [0.4, 0.5) is 18.9 Å². The van der Waals surface area contributed by atoms with Crippen molar-refractivity contribution in [3.8, 4) is 0 Å². The molecule has 2 rings (SSSR count). The number of nitrogens with one attached hydrogen (secondary N) is 1. The molecular weight excluding hydrogens is 329 g/mol. The summed E-state index contributed by atoms with van der Waals surface area (Å²) in [5.41, 5.74) is -2.13. The van der Waals surface area contributed by atoms with Gasteiger partial charge in [0.05, 0.1) is 0 Å². The number of aromatic nitrogens is 1. The predicted molar refractivity (Wildman–Crippen MR) is 67.9 cm³/mol. The van der Waals surface area contributed by atoms with Crippen LogP contribution in [-0.4, -0.2) is 22.1 Å². The Bertz CT molecular complexity index is 725. The van der Waals surface area contributed by atoms with Crippen molar-refractivity contribution in [1.29, 1.82) is 0 Å². The standard InChI is InChI=1S/C12H6ClF3N2O4/c13-5-1-3-6(4-2-5)17-10(19)8-7(11(20)21)9(22-18-8)12(14,15)16/h1-4H,(H,17,19)(H,20,21). The van der Waals surface area contributed by atoms with E-state index >= 15 is 0 Å². The van der Waals surface area contributed by atoms with Crippen molar-refractivity contribution in [3.63, 3.8) is 0 Å². The minimum atomic E-state index is -5.08. The van der Waals surface area contributed by atoms with Crippen molar-refractivity contribution in [2.75, 3.05) is 5.32 Å². The maximum atomic E-state index is 12.6. The number of carboxylic acid groups (broad SMARTS) is 1. The second-order valence-corrected chi connectivity index (χ2v) is 4.44. The van der Waals surface area contributed by atoms with Gasteiger partial charge in [0, 0.05) is 10.7 Å². The number of hydrogen-bond acceptors (Lipinski definition) is 4. The second kappa shape index (κ2) is 5.68. The first-order valence-electron chi connectivity index (χ1n) is 5.57. The molecule has 0 aliphatic heterocycles. The van der Waals surface area contributed by atoms with Gasteiger partial charge >= 0.3 is 12.1 Å². The number of carboxylic acids is 1. The van der Waals surface area contributed by atoms with Gasteiger partial charge in [-0.3, -0.25) is 4.79 Å². The van der Waals surface area contributed by atoms with Gasteiger partial charge in [-0.05, 0) is 24.3 Å². The summed E-state index contributed by atoms with van der Waals surface area (Å²) in [6.07, 6.45) is -5.08. The zero-order chi connectivity index (χ0) is 16.5. The van der Waals surface area contributed by atoms with Gasteiger partial charge in [0.15, 0.2) is 5.69 Å². The largest absolute Gasteiger partial charge is 0.477 e. The van der Waals surface area contributed by atoms with E-state index in [-0.39, 0.29) is 5.69 Å². The second-order valence-electron chi connectivity index (χ2n) is 4.00. The summed E-state index contributed by atoms with van der Waals surface area (Å²) in [5, 5.41) is 14.3. The smallest absolute Gasteiger partial charge is 0.453 e. The lowest BCUT2D eigenvalue weighted by Crippen LogP contribution is -2.18. The average Bonchev–Trinajstić information content (AvgIpc) is 2.86. The molecule has 6 nitrogen and oxygen atoms in total. The number of amides is 1. The summed E-state index contributed by atoms with van der Waals surface area (Å²) in [5.74, 6) is -4.98. The fraction of sp³-hybridized carbons (Fsp3) is 0.0833. The van der Waals surface area contributed by atoms with Gasteiger partial charge in [-0.2, -0.15) is 13.2 Å². The third-order valence-corrected chi connectivity index (χ3v) is 2.73. The van der Waals surface area contributed by atoms with Crippen LogP contribution in [0, 0.1) is 0 Å². The topological polar surface area (TPSA) is 92.4 Å². The Labute approximate surface area is 125 Å². The van der Waals surface area contributed by atoms with E-state index in [9.17, 15) is 22.8 Å². The van der Waals surface area contributed by atoms with Crippen LogP contribution >= 0.6 is 11.6 Å². The van der Waals surface area contributed by atoms with Gasteiger partial charge in [0.25, 0.3) is 11.7 Å². The lowest BCUT2D eigenvalue weighted by Gasteiger charge is -2.04. The average molecular weight is 335 g/mol. The van der Waals surface area contributed by atoms with Gasteiger partial charge in [0.2, 0.25) is 0 Å². The number of carbonyl (C=O) groups is 2. The van der Waals surface area contributed by atoms with Crippen molar-refractivity contribution in [3.05, 3.63) is 46.3 Å². The van der Waals surface area contributed by atoms with Crippen molar-refractivity contribution in [1.82, 2.24) is 5.16 Å². The maximum absolute atomic E-state index is 12.6. The van der Waals surface area contributed by atoms with E-state index in [2.05, 4.69) is 15.0 Å². The van der Waals surface area contributed by atoms with Crippen molar-refractivity contribution in [2.45, 2.75) is 6.18 Å². The highest BCUT2D eigenvalue weighted by molar-refractivity contribution is 6.30. The van der Waals surface area contributed by atoms with Gasteiger partial charge in [-0.15, -0.1) is 0 Å². The van der Waals surface area contributed by atoms with Crippen molar-refractivity contribution in [2.24, 2.45) is 0 Å². The molecule has 10 heteroatoms. The summed E-state index contributed by atoms with van der Waals surface area (Å²) in [6.45, 7) is 0. The number of alkyl halides is 3. The number of nitrogens with zero attached hydrogens (tertiary/aromatic N) is 1. The molecule has 0 fully saturated rings. The molecule has 0 saturated heterocycles. The zero-order valence-electron chi connectivity index (χ0n) is 10.4. The Balaban J connectivity index is 2.36. The monoisotopic (exact) mass is 334 g/mol. The Hall–Kier alpha value is -2.55. The fourth-order valence-corrected chi connectivity index (χ4v) is 1.69. The first-order chi connectivity index (χ1) is 10.2. The molecule has 116 valence electrons. The van der Waals surface area contributed by atoms with Crippen LogP contribution in [0.2, 0.25) is 5.02 Å². The Morgan fingerprint density at radius 3 is 2.32 bits per heavy atom. The minimum absolute atomic E-state index is 0.197. The van der Waals surface area contributed by atoms with Gasteiger partial charge in [0.1, 0.15) is 5.56 Å². The summed E-state index contributed by atoms with van der Waals surface area (Å²) in [6, 6.07) is 5.62. The van der Waals surface area contributed by atoms with E-state index < -0.39 is 35.1 Å². The van der Waals surface area contributed by atoms with E-state index in [1.807, 2.05) is 0 Å². The highest BCUT2D eigenvalue weighted by atomic mass is 35.5. The van der Waals surface area contributed by atoms with Crippen LogP contribution in [0.1, 0.15) is 26.6 Å². The van der Waals surface area contributed by atoms with E-state index in [0.29, 0.717) is 5.02 Å². The van der Waals surface area contributed by atoms with E-state index in [1.54, 1.807) is 0 Å². The van der Waals surface area contributed by atoms with Crippen LogP contribution in [0.25, 0.3) is 0 Å². The summed E-state index contributed by atoms with van der Waals surface area (Å²) in [7, 11) is 0. The van der Waals surface area contributed by atoms with E-state index in [1.165, 1.54) is 24.3 Å². The van der Waals surface area contributed by atoms with E-state index in [0.717, 1.165) is 0 Å². The molecule has 0 aliphatic carbocycles. The van der Waals surface area contributed by atoms with Crippen molar-refractivity contribution < 1.29 is 32.4 Å². The van der Waals surface area contributed by atoms with Crippen LogP contribution in [0.5, 0.6) is 0 Å². The molecule has 0 atom stereocenters. The van der Waals surface area contributed by atoms with Crippen molar-refractivity contribution >= 4 is 29.2 Å². The first-order valence-corrected chi connectivity index (χ1v) is 5.95. The molecule has 0 unspecified atom stereocenters. The summed E-state index contributed by atoms with van der Waals surface area (Å²) >= 11 is 5.64. The molecule has 22 heavy (non-hydrogen) atoms. The molecule has 0 bridgehead atoms. The number of rotatable bonds is 3. The molecular formula is C12H6ClF3N2O4. The number of anilines is 1. The molecule has 2 N–H and O–H groups in total. The summed E-state index contributed by atoms with van der Waals surface area (Å²) in [4.78, 5) is 22.8. The molecule has 1 amide bonds. The Morgan fingerprint density at radius 1 is 1.23 bits per heavy atom. The molecule has 1 aromatic carbocycles. The Kier molecular flexibility index (Phi) is 4.09. The first kappa shape index (κ1) is 15.8. The lowest BCUT2D eigenvalue weighted by atomic mass is 10.1. The SMILES string of the molecule is O=C(Nc1ccc(Cl)cc1)c1noc(C(F)(F)F)c1C(=O)O. The molecule has 0 radical (unpaired) electrons. The lowest BCUT2D eigenvalue weighted by molar-refractivity contribution is -0.156. The predicted octanol–water partition coefficient (Wildman–Crippen LogP) is 3.30. The fourth-order valence-electron chi connectivity index (χ4n) is 1.56. The normalized spacial score (nSPS) is 11.3. The number of hydrogen-bond donors (Lipinski definition) is 2. The molecule has 1 aromatic heterocycles. The van der Waals surface area contributed by atoms with E-state index in [4.69, 9.17) is 16.7 Å².